The summed E-state index contributed by atoms with van der Waals surface area (Å²) in [7, 11) is -3.63. The molecular weight excluding hydrogens is 515 g/mol. The highest BCUT2D eigenvalue weighted by Gasteiger charge is 2.27. The van der Waals surface area contributed by atoms with Gasteiger partial charge in [-0.1, -0.05) is 47.7 Å². The Bertz CT molecular complexity index is 1470. The van der Waals surface area contributed by atoms with E-state index in [-0.39, 0.29) is 10.8 Å². The lowest BCUT2D eigenvalue weighted by Crippen LogP contribution is -2.40. The maximum atomic E-state index is 13.8. The van der Waals surface area contributed by atoms with Gasteiger partial charge in [0.2, 0.25) is 10.0 Å². The smallest absolute Gasteiger partial charge is 0.260 e. The lowest BCUT2D eigenvalue weighted by molar-refractivity contribution is 0.0730. The van der Waals surface area contributed by atoms with Crippen LogP contribution in [0.25, 0.3) is 10.2 Å². The number of ether oxygens (including phenoxy) is 1. The van der Waals surface area contributed by atoms with Crippen LogP contribution in [0, 0.1) is 0 Å². The molecular formula is C26H25N3O4S3. The van der Waals surface area contributed by atoms with Gasteiger partial charge >= 0.3 is 0 Å². The van der Waals surface area contributed by atoms with Crippen LogP contribution in [0.2, 0.25) is 0 Å². The molecule has 186 valence electrons. The number of carbonyl (C=O) groups is 1. The highest BCUT2D eigenvalue weighted by atomic mass is 32.2. The predicted octanol–water partition coefficient (Wildman–Crippen LogP) is 4.89. The van der Waals surface area contributed by atoms with Gasteiger partial charge in [-0.25, -0.2) is 13.4 Å². The molecule has 5 rings (SSSR count). The normalized spacial score (nSPS) is 14.7. The Balaban J connectivity index is 1.48. The van der Waals surface area contributed by atoms with Crippen LogP contribution >= 0.6 is 23.1 Å². The molecule has 0 saturated carbocycles. The lowest BCUT2D eigenvalue weighted by Gasteiger charge is -2.26. The zero-order valence-corrected chi connectivity index (χ0v) is 22.1. The Labute approximate surface area is 218 Å². The van der Waals surface area contributed by atoms with Gasteiger partial charge < -0.3 is 4.74 Å². The molecule has 0 bridgehead atoms. The Hall–Kier alpha value is -2.76. The largest absolute Gasteiger partial charge is 0.379 e. The van der Waals surface area contributed by atoms with Gasteiger partial charge in [-0.2, -0.15) is 4.31 Å². The highest BCUT2D eigenvalue weighted by molar-refractivity contribution is 7.98. The van der Waals surface area contributed by atoms with Gasteiger partial charge in [-0.15, -0.1) is 11.8 Å². The lowest BCUT2D eigenvalue weighted by atomic mass is 10.1. The monoisotopic (exact) mass is 539 g/mol. The summed E-state index contributed by atoms with van der Waals surface area (Å²) >= 11 is 3.09. The van der Waals surface area contributed by atoms with E-state index in [1.54, 1.807) is 28.8 Å². The minimum atomic E-state index is -3.63. The van der Waals surface area contributed by atoms with Gasteiger partial charge in [0.15, 0.2) is 5.13 Å². The van der Waals surface area contributed by atoms with Crippen molar-refractivity contribution in [1.82, 2.24) is 9.29 Å². The first-order valence-corrected chi connectivity index (χ1v) is 14.9. The zero-order chi connectivity index (χ0) is 25.1. The van der Waals surface area contributed by atoms with Crippen LogP contribution in [0.15, 0.2) is 82.6 Å². The highest BCUT2D eigenvalue weighted by Crippen LogP contribution is 2.35. The molecule has 0 unspecified atom stereocenters. The minimum Gasteiger partial charge on any atom is -0.379 e. The Morgan fingerprint density at radius 1 is 1.03 bits per heavy atom. The van der Waals surface area contributed by atoms with E-state index in [2.05, 4.69) is 0 Å². The molecule has 0 N–H and O–H groups in total. The summed E-state index contributed by atoms with van der Waals surface area (Å²) < 4.78 is 33.7. The molecule has 36 heavy (non-hydrogen) atoms. The van der Waals surface area contributed by atoms with E-state index in [1.165, 1.54) is 27.8 Å². The first-order valence-electron chi connectivity index (χ1n) is 11.4. The summed E-state index contributed by atoms with van der Waals surface area (Å²) in [5, 5.41) is 0.602. The zero-order valence-electron chi connectivity index (χ0n) is 19.7. The number of amides is 1. The quantitative estimate of drug-likeness (QED) is 0.311. The number of anilines is 1. The summed E-state index contributed by atoms with van der Waals surface area (Å²) in [4.78, 5) is 21.5. The van der Waals surface area contributed by atoms with Crippen molar-refractivity contribution < 1.29 is 17.9 Å². The molecule has 4 aromatic rings. The van der Waals surface area contributed by atoms with Crippen molar-refractivity contribution in [3.05, 3.63) is 83.9 Å². The van der Waals surface area contributed by atoms with Gasteiger partial charge in [0, 0.05) is 23.5 Å². The van der Waals surface area contributed by atoms with Crippen molar-refractivity contribution in [2.75, 3.05) is 37.5 Å². The molecule has 2 heterocycles. The summed E-state index contributed by atoms with van der Waals surface area (Å²) in [6, 6.07) is 21.9. The van der Waals surface area contributed by atoms with Crippen molar-refractivity contribution in [3.63, 3.8) is 0 Å². The number of carbonyl (C=O) groups excluding carboxylic acids is 1. The third-order valence-electron chi connectivity index (χ3n) is 5.96. The molecule has 0 radical (unpaired) electrons. The fourth-order valence-corrected chi connectivity index (χ4v) is 7.07. The number of thioether (sulfide) groups is 1. The molecule has 1 aliphatic heterocycles. The number of rotatable bonds is 7. The number of para-hydroxylation sites is 1. The summed E-state index contributed by atoms with van der Waals surface area (Å²) in [6.07, 6.45) is 2.01. The number of hydrogen-bond donors (Lipinski definition) is 0. The van der Waals surface area contributed by atoms with E-state index in [4.69, 9.17) is 9.72 Å². The van der Waals surface area contributed by atoms with Crippen LogP contribution < -0.4 is 4.90 Å². The topological polar surface area (TPSA) is 79.8 Å². The number of aromatic nitrogens is 1. The Morgan fingerprint density at radius 3 is 2.44 bits per heavy atom. The summed E-state index contributed by atoms with van der Waals surface area (Å²) in [6.45, 7) is 1.75. The van der Waals surface area contributed by atoms with Crippen molar-refractivity contribution in [3.8, 4) is 0 Å². The second kappa shape index (κ2) is 10.7. The maximum Gasteiger partial charge on any atom is 0.260 e. The van der Waals surface area contributed by atoms with Crippen molar-refractivity contribution >= 4 is 54.4 Å². The predicted molar refractivity (Wildman–Crippen MR) is 144 cm³/mol. The van der Waals surface area contributed by atoms with Gasteiger partial charge in [0.25, 0.3) is 5.91 Å². The maximum absolute atomic E-state index is 13.8. The van der Waals surface area contributed by atoms with E-state index < -0.39 is 10.0 Å². The SMILES string of the molecule is CSc1cccc2sc(N(Cc3ccccc3)C(=O)c3ccc(S(=O)(=O)N4CCOCC4)cc3)nc12. The van der Waals surface area contributed by atoms with E-state index in [9.17, 15) is 13.2 Å². The third kappa shape index (κ3) is 5.05. The molecule has 7 nitrogen and oxygen atoms in total. The number of nitrogens with zero attached hydrogens (tertiary/aromatic N) is 3. The van der Waals surface area contributed by atoms with Crippen LogP contribution in [0.1, 0.15) is 15.9 Å². The molecule has 0 spiro atoms. The minimum absolute atomic E-state index is 0.167. The van der Waals surface area contributed by atoms with Crippen LogP contribution in [0.3, 0.4) is 0 Å². The Morgan fingerprint density at radius 2 is 1.75 bits per heavy atom. The second-order valence-electron chi connectivity index (χ2n) is 8.22. The molecule has 1 amide bonds. The van der Waals surface area contributed by atoms with Crippen LogP contribution in [0.5, 0.6) is 0 Å². The standard InChI is InChI=1S/C26H25N3O4S3/c1-34-22-8-5-9-23-24(22)27-26(35-23)29(18-19-6-3-2-4-7-19)25(30)20-10-12-21(13-11-20)36(31,32)28-14-16-33-17-15-28/h2-13H,14-18H2,1H3. The van der Waals surface area contributed by atoms with Gasteiger partial charge in [-0.3, -0.25) is 9.69 Å². The Kier molecular flexibility index (Phi) is 7.40. The molecule has 0 aliphatic carbocycles. The molecule has 10 heteroatoms. The van der Waals surface area contributed by atoms with Gasteiger partial charge in [0.05, 0.1) is 34.9 Å². The average Bonchev–Trinajstić information content (AvgIpc) is 3.37. The first-order chi connectivity index (χ1) is 17.5. The average molecular weight is 540 g/mol. The van der Waals surface area contributed by atoms with E-state index in [0.29, 0.717) is 43.5 Å². The number of thiazole rings is 1. The van der Waals surface area contributed by atoms with E-state index in [1.807, 2.05) is 54.8 Å². The van der Waals surface area contributed by atoms with Gasteiger partial charge in [0.1, 0.15) is 0 Å². The van der Waals surface area contributed by atoms with Crippen LogP contribution in [0.4, 0.5) is 5.13 Å². The number of fused-ring (bicyclic) bond motifs is 1. The third-order valence-corrected chi connectivity index (χ3v) is 9.68. The first kappa shape index (κ1) is 24.9. The number of benzene rings is 3. The van der Waals surface area contributed by atoms with Crippen molar-refractivity contribution in [1.29, 1.82) is 0 Å². The molecule has 0 atom stereocenters. The summed E-state index contributed by atoms with van der Waals surface area (Å²) in [5.74, 6) is -0.237. The fraction of sp³-hybridized carbons (Fsp3) is 0.231. The van der Waals surface area contributed by atoms with E-state index in [0.717, 1.165) is 20.7 Å². The van der Waals surface area contributed by atoms with E-state index >= 15 is 0 Å². The number of morpholine rings is 1. The van der Waals surface area contributed by atoms with Crippen LogP contribution in [-0.4, -0.2) is 56.2 Å². The molecule has 1 aromatic heterocycles. The second-order valence-corrected chi connectivity index (χ2v) is 12.0. The molecule has 1 fully saturated rings. The molecule has 3 aromatic carbocycles. The number of hydrogen-bond acceptors (Lipinski definition) is 7. The molecule has 1 saturated heterocycles. The van der Waals surface area contributed by atoms with Crippen LogP contribution in [-0.2, 0) is 21.3 Å². The van der Waals surface area contributed by atoms with Gasteiger partial charge in [-0.05, 0) is 48.2 Å². The van der Waals surface area contributed by atoms with Crippen molar-refractivity contribution in [2.24, 2.45) is 0 Å². The molecule has 1 aliphatic rings. The summed E-state index contributed by atoms with van der Waals surface area (Å²) in [5.41, 5.74) is 2.25. The van der Waals surface area contributed by atoms with Crippen molar-refractivity contribution in [2.45, 2.75) is 16.3 Å². The fourth-order valence-electron chi connectivity index (χ4n) is 4.05. The number of sulfonamides is 1.